The van der Waals surface area contributed by atoms with Gasteiger partial charge in [-0.25, -0.2) is 0 Å². The van der Waals surface area contributed by atoms with Crippen LogP contribution in [0.15, 0.2) is 48.7 Å². The fourth-order valence-corrected chi connectivity index (χ4v) is 2.54. The zero-order valence-corrected chi connectivity index (χ0v) is 11.7. The van der Waals surface area contributed by atoms with Crippen LogP contribution in [0.25, 0.3) is 22.0 Å². The fourth-order valence-electron chi connectivity index (χ4n) is 2.42. The zero-order chi connectivity index (χ0) is 13.4. The summed E-state index contributed by atoms with van der Waals surface area (Å²) in [6.07, 6.45) is 1.92. The van der Waals surface area contributed by atoms with Crippen molar-refractivity contribution in [3.63, 3.8) is 0 Å². The van der Waals surface area contributed by atoms with Gasteiger partial charge in [-0.2, -0.15) is 0 Å². The summed E-state index contributed by atoms with van der Waals surface area (Å²) in [6.45, 7) is 4.21. The van der Waals surface area contributed by atoms with Gasteiger partial charge in [-0.15, -0.1) is 0 Å². The Kier molecular flexibility index (Phi) is 3.00. The van der Waals surface area contributed by atoms with Crippen LogP contribution in [-0.2, 0) is 0 Å². The molecule has 2 heteroatoms. The highest BCUT2D eigenvalue weighted by Crippen LogP contribution is 2.26. The summed E-state index contributed by atoms with van der Waals surface area (Å²) in [7, 11) is 0. The van der Waals surface area contributed by atoms with Crippen molar-refractivity contribution in [1.82, 2.24) is 4.98 Å². The van der Waals surface area contributed by atoms with Crippen LogP contribution in [0.3, 0.4) is 0 Å². The van der Waals surface area contributed by atoms with Gasteiger partial charge in [0.05, 0.1) is 5.52 Å². The molecule has 1 aromatic heterocycles. The molecule has 0 saturated heterocycles. The monoisotopic (exact) mass is 267 g/mol. The second kappa shape index (κ2) is 4.67. The van der Waals surface area contributed by atoms with E-state index in [-0.39, 0.29) is 0 Å². The highest BCUT2D eigenvalue weighted by Gasteiger charge is 2.04. The zero-order valence-electron chi connectivity index (χ0n) is 10.9. The molecule has 0 aliphatic heterocycles. The summed E-state index contributed by atoms with van der Waals surface area (Å²) >= 11 is 5.92. The summed E-state index contributed by atoms with van der Waals surface area (Å²) in [4.78, 5) is 4.59. The van der Waals surface area contributed by atoms with Gasteiger partial charge >= 0.3 is 0 Å². The third kappa shape index (κ3) is 2.34. The first-order valence-corrected chi connectivity index (χ1v) is 6.64. The molecule has 0 unspecified atom stereocenters. The maximum atomic E-state index is 5.92. The van der Waals surface area contributed by atoms with E-state index in [4.69, 9.17) is 11.6 Å². The second-order valence-corrected chi connectivity index (χ2v) is 5.32. The second-order valence-electron chi connectivity index (χ2n) is 4.88. The minimum absolute atomic E-state index is 0.754. The quantitative estimate of drug-likeness (QED) is 0.593. The van der Waals surface area contributed by atoms with Crippen LogP contribution in [-0.4, -0.2) is 4.98 Å². The van der Waals surface area contributed by atoms with Crippen LogP contribution in [0.5, 0.6) is 0 Å². The van der Waals surface area contributed by atoms with Gasteiger partial charge in [0.15, 0.2) is 0 Å². The maximum absolute atomic E-state index is 5.92. The Labute approximate surface area is 117 Å². The molecule has 0 saturated carbocycles. The van der Waals surface area contributed by atoms with Crippen molar-refractivity contribution >= 4 is 22.5 Å². The molecule has 0 N–H and O–H groups in total. The molecule has 1 heterocycles. The average molecular weight is 268 g/mol. The van der Waals surface area contributed by atoms with Crippen LogP contribution in [0.1, 0.15) is 11.1 Å². The number of benzene rings is 2. The van der Waals surface area contributed by atoms with Crippen LogP contribution < -0.4 is 0 Å². The molecule has 2 aromatic carbocycles. The SMILES string of the molecule is Cc1cc(C)c2ncc(-c3ccc(Cl)cc3)cc2c1. The first-order chi connectivity index (χ1) is 9.13. The van der Waals surface area contributed by atoms with Gasteiger partial charge in [0.25, 0.3) is 0 Å². The molecule has 94 valence electrons. The van der Waals surface area contributed by atoms with Crippen molar-refractivity contribution < 1.29 is 0 Å². The number of aromatic nitrogens is 1. The van der Waals surface area contributed by atoms with Gasteiger partial charge in [0.1, 0.15) is 0 Å². The van der Waals surface area contributed by atoms with Crippen molar-refractivity contribution in [1.29, 1.82) is 0 Å². The van der Waals surface area contributed by atoms with E-state index in [9.17, 15) is 0 Å². The predicted molar refractivity (Wildman–Crippen MR) is 81.7 cm³/mol. The maximum Gasteiger partial charge on any atom is 0.0731 e. The van der Waals surface area contributed by atoms with E-state index in [0.29, 0.717) is 0 Å². The molecule has 0 aliphatic rings. The highest BCUT2D eigenvalue weighted by molar-refractivity contribution is 6.30. The Morgan fingerprint density at radius 3 is 2.37 bits per heavy atom. The van der Waals surface area contributed by atoms with Gasteiger partial charge in [0, 0.05) is 22.2 Å². The third-order valence-corrected chi connectivity index (χ3v) is 3.55. The standard InChI is InChI=1S/C17H14ClN/c1-11-7-12(2)17-14(8-11)9-15(10-19-17)13-3-5-16(18)6-4-13/h3-10H,1-2H3. The minimum Gasteiger partial charge on any atom is -0.255 e. The Balaban J connectivity index is 2.18. The van der Waals surface area contributed by atoms with Crippen molar-refractivity contribution in [3.8, 4) is 11.1 Å². The molecule has 19 heavy (non-hydrogen) atoms. The van der Waals surface area contributed by atoms with E-state index in [1.807, 2.05) is 30.5 Å². The number of aryl methyl sites for hydroxylation is 2. The summed E-state index contributed by atoms with van der Waals surface area (Å²) in [5.74, 6) is 0. The van der Waals surface area contributed by atoms with Crippen molar-refractivity contribution in [2.75, 3.05) is 0 Å². The van der Waals surface area contributed by atoms with E-state index in [0.717, 1.165) is 21.7 Å². The molecule has 3 aromatic rings. The number of hydrogen-bond donors (Lipinski definition) is 0. The Bertz CT molecular complexity index is 745. The molecule has 0 atom stereocenters. The lowest BCUT2D eigenvalue weighted by Crippen LogP contribution is -1.87. The smallest absolute Gasteiger partial charge is 0.0731 e. The molecule has 0 amide bonds. The minimum atomic E-state index is 0.754. The molecule has 0 aliphatic carbocycles. The fraction of sp³-hybridized carbons (Fsp3) is 0.118. The van der Waals surface area contributed by atoms with Gasteiger partial charge in [0.2, 0.25) is 0 Å². The molecule has 1 nitrogen and oxygen atoms in total. The molecule has 0 spiro atoms. The van der Waals surface area contributed by atoms with Crippen molar-refractivity contribution in [2.45, 2.75) is 13.8 Å². The first-order valence-electron chi connectivity index (χ1n) is 6.26. The van der Waals surface area contributed by atoms with Crippen molar-refractivity contribution in [3.05, 3.63) is 64.8 Å². The summed E-state index contributed by atoms with van der Waals surface area (Å²) < 4.78 is 0. The van der Waals surface area contributed by atoms with Gasteiger partial charge in [-0.3, -0.25) is 4.98 Å². The normalized spacial score (nSPS) is 10.9. The highest BCUT2D eigenvalue weighted by atomic mass is 35.5. The summed E-state index contributed by atoms with van der Waals surface area (Å²) in [5.41, 5.74) is 5.81. The van der Waals surface area contributed by atoms with E-state index < -0.39 is 0 Å². The van der Waals surface area contributed by atoms with Crippen LogP contribution in [0.2, 0.25) is 5.02 Å². The van der Waals surface area contributed by atoms with Gasteiger partial charge in [-0.1, -0.05) is 35.4 Å². The number of pyridine rings is 1. The lowest BCUT2D eigenvalue weighted by molar-refractivity contribution is 1.34. The van der Waals surface area contributed by atoms with E-state index in [1.54, 1.807) is 0 Å². The van der Waals surface area contributed by atoms with E-state index >= 15 is 0 Å². The van der Waals surface area contributed by atoms with Crippen LogP contribution >= 0.6 is 11.6 Å². The number of nitrogens with zero attached hydrogens (tertiary/aromatic N) is 1. The van der Waals surface area contributed by atoms with Gasteiger partial charge < -0.3 is 0 Å². The lowest BCUT2D eigenvalue weighted by Gasteiger charge is -2.07. The molecule has 3 rings (SSSR count). The van der Waals surface area contributed by atoms with E-state index in [2.05, 4.69) is 37.0 Å². The molecular formula is C17H14ClN. The summed E-state index contributed by atoms with van der Waals surface area (Å²) in [5, 5.41) is 1.94. The van der Waals surface area contributed by atoms with Crippen LogP contribution in [0.4, 0.5) is 0 Å². The van der Waals surface area contributed by atoms with Crippen molar-refractivity contribution in [2.24, 2.45) is 0 Å². The van der Waals surface area contributed by atoms with Gasteiger partial charge in [-0.05, 0) is 49.2 Å². The predicted octanol–water partition coefficient (Wildman–Crippen LogP) is 5.17. The number of rotatable bonds is 1. The molecule has 0 bridgehead atoms. The first kappa shape index (κ1) is 12.2. The Morgan fingerprint density at radius 1 is 0.895 bits per heavy atom. The average Bonchev–Trinajstić information content (AvgIpc) is 2.38. The Hall–Kier alpha value is -1.86. The lowest BCUT2D eigenvalue weighted by atomic mass is 10.0. The molecule has 0 radical (unpaired) electrons. The van der Waals surface area contributed by atoms with Crippen LogP contribution in [0, 0.1) is 13.8 Å². The topological polar surface area (TPSA) is 12.9 Å². The summed E-state index contributed by atoms with van der Waals surface area (Å²) in [6, 6.07) is 14.4. The number of fused-ring (bicyclic) bond motifs is 1. The third-order valence-electron chi connectivity index (χ3n) is 3.30. The molecule has 0 fully saturated rings. The number of hydrogen-bond acceptors (Lipinski definition) is 1. The molecular weight excluding hydrogens is 254 g/mol. The number of halogens is 1. The van der Waals surface area contributed by atoms with E-state index in [1.165, 1.54) is 16.5 Å². The Morgan fingerprint density at radius 2 is 1.63 bits per heavy atom. The largest absolute Gasteiger partial charge is 0.255 e.